The number of hydrogen-bond acceptors (Lipinski definition) is 5. The normalized spacial score (nSPS) is 26.4. The van der Waals surface area contributed by atoms with Gasteiger partial charge in [-0.3, -0.25) is 15.5 Å². The molecule has 0 amide bonds. The van der Waals surface area contributed by atoms with E-state index in [0.717, 1.165) is 6.42 Å². The van der Waals surface area contributed by atoms with Crippen LogP contribution in [0.5, 0.6) is 0 Å². The van der Waals surface area contributed by atoms with E-state index in [9.17, 15) is 10.1 Å². The molecular weight excluding hydrogens is 292 g/mol. The molecule has 1 aromatic heterocycles. The van der Waals surface area contributed by atoms with E-state index in [1.807, 2.05) is 0 Å². The number of allylic oxidation sites excluding steroid dienone is 1. The minimum absolute atomic E-state index is 0.292. The van der Waals surface area contributed by atoms with Crippen LogP contribution in [0, 0.1) is 22.0 Å². The van der Waals surface area contributed by atoms with Crippen molar-refractivity contribution in [1.82, 2.24) is 10.7 Å². The topological polar surface area (TPSA) is 92.7 Å². The first-order chi connectivity index (χ1) is 10.1. The molecule has 1 aromatic rings. The Balaban J connectivity index is 1.48. The van der Waals surface area contributed by atoms with Gasteiger partial charge in [0.25, 0.3) is 0 Å². The Morgan fingerprint density at radius 1 is 1.48 bits per heavy atom. The highest BCUT2D eigenvalue weighted by molar-refractivity contribution is 7.80. The summed E-state index contributed by atoms with van der Waals surface area (Å²) in [6.07, 6.45) is 8.14. The van der Waals surface area contributed by atoms with Crippen LogP contribution in [0.15, 0.2) is 33.8 Å². The van der Waals surface area contributed by atoms with Crippen molar-refractivity contribution in [3.8, 4) is 0 Å². The number of furan rings is 1. The first kappa shape index (κ1) is 13.7. The molecule has 3 unspecified atom stereocenters. The summed E-state index contributed by atoms with van der Waals surface area (Å²) in [6.45, 7) is 0. The quantitative estimate of drug-likeness (QED) is 0.290. The van der Waals surface area contributed by atoms with E-state index in [0.29, 0.717) is 28.8 Å². The summed E-state index contributed by atoms with van der Waals surface area (Å²) in [6, 6.07) is 3.11. The molecule has 110 valence electrons. The van der Waals surface area contributed by atoms with Crippen molar-refractivity contribution in [3.63, 3.8) is 0 Å². The van der Waals surface area contributed by atoms with Crippen molar-refractivity contribution < 1.29 is 9.34 Å². The van der Waals surface area contributed by atoms with Gasteiger partial charge in [0.2, 0.25) is 0 Å². The third kappa shape index (κ3) is 3.10. The lowest BCUT2D eigenvalue weighted by Gasteiger charge is -2.20. The number of fused-ring (bicyclic) bond motifs is 2. The molecule has 7 nitrogen and oxygen atoms in total. The van der Waals surface area contributed by atoms with Gasteiger partial charge in [-0.25, -0.2) is 0 Å². The predicted molar refractivity (Wildman–Crippen MR) is 81.0 cm³/mol. The lowest BCUT2D eigenvalue weighted by Crippen LogP contribution is -2.42. The Morgan fingerprint density at radius 3 is 2.95 bits per heavy atom. The predicted octanol–water partition coefficient (Wildman–Crippen LogP) is 1.95. The smallest absolute Gasteiger partial charge is 0.400 e. The van der Waals surface area contributed by atoms with Gasteiger partial charge in [-0.15, -0.1) is 0 Å². The summed E-state index contributed by atoms with van der Waals surface area (Å²) in [5.74, 6) is 1.19. The van der Waals surface area contributed by atoms with Crippen LogP contribution in [0.2, 0.25) is 0 Å². The molecule has 2 aliphatic carbocycles. The van der Waals surface area contributed by atoms with E-state index >= 15 is 0 Å². The molecule has 1 fully saturated rings. The first-order valence-electron chi connectivity index (χ1n) is 6.64. The minimum atomic E-state index is -0.598. The second-order valence-corrected chi connectivity index (χ2v) is 5.57. The molecule has 1 heterocycles. The highest BCUT2D eigenvalue weighted by Crippen LogP contribution is 2.38. The molecule has 8 heteroatoms. The molecule has 21 heavy (non-hydrogen) atoms. The summed E-state index contributed by atoms with van der Waals surface area (Å²) in [5, 5.41) is 18.1. The van der Waals surface area contributed by atoms with Gasteiger partial charge in [-0.2, -0.15) is 5.10 Å². The molecule has 2 bridgehead atoms. The fourth-order valence-electron chi connectivity index (χ4n) is 2.81. The van der Waals surface area contributed by atoms with Crippen LogP contribution in [-0.4, -0.2) is 22.3 Å². The number of hydrazone groups is 1. The Morgan fingerprint density at radius 2 is 2.33 bits per heavy atom. The summed E-state index contributed by atoms with van der Waals surface area (Å²) in [7, 11) is 0. The zero-order valence-electron chi connectivity index (χ0n) is 11.1. The maximum Gasteiger partial charge on any atom is 0.433 e. The highest BCUT2D eigenvalue weighted by Gasteiger charge is 2.35. The Kier molecular flexibility index (Phi) is 3.70. The maximum absolute atomic E-state index is 10.5. The fraction of sp³-hybridized carbons (Fsp3) is 0.385. The average Bonchev–Trinajstić information content (AvgIpc) is 3.13. The molecular formula is C13H14N4O3S. The van der Waals surface area contributed by atoms with Crippen LogP contribution in [0.25, 0.3) is 0 Å². The van der Waals surface area contributed by atoms with Crippen LogP contribution in [0.3, 0.4) is 0 Å². The van der Waals surface area contributed by atoms with Crippen LogP contribution in [0.1, 0.15) is 18.6 Å². The molecule has 1 saturated carbocycles. The van der Waals surface area contributed by atoms with E-state index in [1.54, 1.807) is 0 Å². The summed E-state index contributed by atoms with van der Waals surface area (Å²) in [4.78, 5) is 9.87. The van der Waals surface area contributed by atoms with Crippen molar-refractivity contribution in [3.05, 3.63) is 40.2 Å². The Hall–Kier alpha value is -2.22. The molecule has 0 saturated heterocycles. The van der Waals surface area contributed by atoms with Gasteiger partial charge < -0.3 is 9.73 Å². The Bertz CT molecular complexity index is 625. The molecule has 3 atom stereocenters. The van der Waals surface area contributed by atoms with Gasteiger partial charge in [0.15, 0.2) is 10.9 Å². The van der Waals surface area contributed by atoms with Crippen LogP contribution < -0.4 is 10.7 Å². The third-order valence-electron chi connectivity index (χ3n) is 3.75. The van der Waals surface area contributed by atoms with Crippen molar-refractivity contribution in [1.29, 1.82) is 0 Å². The van der Waals surface area contributed by atoms with Gasteiger partial charge >= 0.3 is 5.88 Å². The van der Waals surface area contributed by atoms with Crippen molar-refractivity contribution in [2.45, 2.75) is 18.9 Å². The number of nitrogens with one attached hydrogen (secondary N) is 2. The number of hydrogen-bond donors (Lipinski definition) is 2. The summed E-state index contributed by atoms with van der Waals surface area (Å²) >= 11 is 5.17. The second kappa shape index (κ2) is 5.65. The van der Waals surface area contributed by atoms with Crippen LogP contribution in [-0.2, 0) is 0 Å². The first-order valence-corrected chi connectivity index (χ1v) is 7.05. The largest absolute Gasteiger partial charge is 0.433 e. The number of nitro groups is 1. The minimum Gasteiger partial charge on any atom is -0.400 e. The number of thiocarbonyl (C=S) groups is 1. The standard InChI is InChI=1S/C13H14N4O3S/c18-17(19)12-4-3-10(20-12)7-14-16-13(21)15-11-6-8-1-2-9(11)5-8/h1-4,7-9,11H,5-6H2,(H2,15,16,21). The van der Waals surface area contributed by atoms with Crippen molar-refractivity contribution >= 4 is 29.4 Å². The number of rotatable bonds is 4. The van der Waals surface area contributed by atoms with Crippen molar-refractivity contribution in [2.75, 3.05) is 0 Å². The monoisotopic (exact) mass is 306 g/mol. The van der Waals surface area contributed by atoms with E-state index < -0.39 is 4.92 Å². The zero-order valence-corrected chi connectivity index (χ0v) is 11.9. The fourth-order valence-corrected chi connectivity index (χ4v) is 3.02. The van der Waals surface area contributed by atoms with Gasteiger partial charge in [0, 0.05) is 6.04 Å². The highest BCUT2D eigenvalue weighted by atomic mass is 32.1. The lowest BCUT2D eigenvalue weighted by atomic mass is 10.0. The summed E-state index contributed by atoms with van der Waals surface area (Å²) < 4.78 is 4.94. The molecule has 0 aromatic carbocycles. The Labute approximate surface area is 126 Å². The van der Waals surface area contributed by atoms with Gasteiger partial charge in [-0.05, 0) is 43.0 Å². The zero-order chi connectivity index (χ0) is 14.8. The van der Waals surface area contributed by atoms with Gasteiger partial charge in [-0.1, -0.05) is 12.2 Å². The molecule has 0 aliphatic heterocycles. The van der Waals surface area contributed by atoms with Crippen LogP contribution in [0.4, 0.5) is 5.88 Å². The molecule has 2 aliphatic rings. The van der Waals surface area contributed by atoms with Gasteiger partial charge in [0.05, 0.1) is 12.3 Å². The maximum atomic E-state index is 10.5. The average molecular weight is 306 g/mol. The van der Waals surface area contributed by atoms with E-state index in [1.165, 1.54) is 24.8 Å². The van der Waals surface area contributed by atoms with Gasteiger partial charge in [0.1, 0.15) is 4.92 Å². The number of nitrogens with zero attached hydrogens (tertiary/aromatic N) is 2. The molecule has 3 rings (SSSR count). The van der Waals surface area contributed by atoms with E-state index in [4.69, 9.17) is 16.6 Å². The van der Waals surface area contributed by atoms with Crippen LogP contribution >= 0.6 is 12.2 Å². The van der Waals surface area contributed by atoms with E-state index in [-0.39, 0.29) is 5.88 Å². The van der Waals surface area contributed by atoms with Crippen molar-refractivity contribution in [2.24, 2.45) is 16.9 Å². The second-order valence-electron chi connectivity index (χ2n) is 5.16. The lowest BCUT2D eigenvalue weighted by molar-refractivity contribution is -0.402. The summed E-state index contributed by atoms with van der Waals surface area (Å²) in [5.41, 5.74) is 2.69. The van der Waals surface area contributed by atoms with E-state index in [2.05, 4.69) is 28.0 Å². The molecule has 0 radical (unpaired) electrons. The third-order valence-corrected chi connectivity index (χ3v) is 3.95. The SMILES string of the molecule is O=[N+]([O-])c1ccc(C=NNC(=S)NC2CC3C=CC2C3)o1. The molecule has 0 spiro atoms. The molecule has 2 N–H and O–H groups in total.